The molecule has 0 bridgehead atoms. The third-order valence-electron chi connectivity index (χ3n) is 9.24. The molecule has 0 radical (unpaired) electrons. The van der Waals surface area contributed by atoms with Gasteiger partial charge >= 0.3 is 0 Å². The van der Waals surface area contributed by atoms with Crippen molar-refractivity contribution in [3.05, 3.63) is 11.6 Å². The zero-order valence-electron chi connectivity index (χ0n) is 24.6. The van der Waals surface area contributed by atoms with Crippen LogP contribution >= 0.6 is 0 Å². The molecule has 4 aliphatic carbocycles. The third-order valence-corrected chi connectivity index (χ3v) is 11.9. The largest absolute Gasteiger partial charge is 0.456 e. The van der Waals surface area contributed by atoms with E-state index in [0.29, 0.717) is 17.4 Å². The van der Waals surface area contributed by atoms with Gasteiger partial charge in [-0.1, -0.05) is 25.5 Å². The van der Waals surface area contributed by atoms with Crippen molar-refractivity contribution in [2.75, 3.05) is 0 Å². The highest BCUT2D eigenvalue weighted by Crippen LogP contribution is 2.64. The minimum absolute atomic E-state index is 0.102. The maximum Gasteiger partial charge on any atom is 0.278 e. The quantitative estimate of drug-likeness (QED) is 0.195. The number of oxime groups is 1. The lowest BCUT2D eigenvalue weighted by Crippen LogP contribution is -2.51. The molecule has 4 aliphatic rings. The van der Waals surface area contributed by atoms with Crippen molar-refractivity contribution >= 4 is 30.7 Å². The number of hydrogen-bond donors (Lipinski definition) is 0. The first-order chi connectivity index (χ1) is 15.9. The van der Waals surface area contributed by atoms with Gasteiger partial charge in [0.05, 0.1) is 11.8 Å². The molecule has 0 saturated heterocycles. The van der Waals surface area contributed by atoms with E-state index >= 15 is 0 Å². The summed E-state index contributed by atoms with van der Waals surface area (Å²) in [5.74, 6) is 2.14. The van der Waals surface area contributed by atoms with Crippen LogP contribution in [0, 0.1) is 28.6 Å². The summed E-state index contributed by atoms with van der Waals surface area (Å²) in [5.41, 5.74) is 3.39. The van der Waals surface area contributed by atoms with Crippen LogP contribution < -0.4 is 0 Å². The fraction of sp³-hybridized carbons (Fsp3) is 0.893. The summed E-state index contributed by atoms with van der Waals surface area (Å²) in [4.78, 5) is 0. The van der Waals surface area contributed by atoms with Gasteiger partial charge in [0, 0.05) is 11.5 Å². The van der Waals surface area contributed by atoms with Crippen LogP contribution in [0.2, 0.25) is 58.9 Å². The van der Waals surface area contributed by atoms with Crippen LogP contribution in [0.3, 0.4) is 0 Å². The highest BCUT2D eigenvalue weighted by molar-refractivity contribution is 6.70. The normalized spacial score (nSPS) is 41.2. The Morgan fingerprint density at radius 2 is 1.43 bits per heavy atom. The standard InChI is InChI=1S/C28H53NO3Si3/c1-27-16-14-21(30-33(3,4)5)18-20(27)12-13-22-23(27)15-17-28(2)24(22)19-25(31-34(6,7)8)26(28)29-32-35(9,10)11/h12,21-25H,13-19H2,1-11H3/b29-26+/t21?,22-,23+,24+,25?,27+,28+/m1/s1. The van der Waals surface area contributed by atoms with Crippen LogP contribution in [0.1, 0.15) is 58.8 Å². The molecule has 0 N–H and O–H groups in total. The predicted molar refractivity (Wildman–Crippen MR) is 155 cm³/mol. The van der Waals surface area contributed by atoms with Crippen LogP contribution in [0.5, 0.6) is 0 Å². The minimum atomic E-state index is -1.75. The van der Waals surface area contributed by atoms with Crippen molar-refractivity contribution in [2.45, 2.75) is 130 Å². The second-order valence-electron chi connectivity index (χ2n) is 15.4. The van der Waals surface area contributed by atoms with Gasteiger partial charge in [-0.3, -0.25) is 0 Å². The van der Waals surface area contributed by atoms with E-state index in [2.05, 4.69) is 78.8 Å². The van der Waals surface area contributed by atoms with E-state index in [0.717, 1.165) is 24.7 Å². The summed E-state index contributed by atoms with van der Waals surface area (Å²) >= 11 is 0. The fourth-order valence-electron chi connectivity index (χ4n) is 7.89. The molecule has 2 unspecified atom stereocenters. The maximum atomic E-state index is 6.82. The lowest BCUT2D eigenvalue weighted by atomic mass is 9.48. The predicted octanol–water partition coefficient (Wildman–Crippen LogP) is 8.21. The molecular weight excluding hydrogens is 483 g/mol. The highest BCUT2D eigenvalue weighted by Gasteiger charge is 2.61. The third kappa shape index (κ3) is 5.79. The topological polar surface area (TPSA) is 40.0 Å². The molecule has 4 nitrogen and oxygen atoms in total. The van der Waals surface area contributed by atoms with Gasteiger partial charge in [-0.15, -0.1) is 5.16 Å². The van der Waals surface area contributed by atoms with E-state index in [4.69, 9.17) is 18.5 Å². The zero-order valence-corrected chi connectivity index (χ0v) is 27.6. The molecule has 35 heavy (non-hydrogen) atoms. The van der Waals surface area contributed by atoms with Crippen molar-refractivity contribution in [1.82, 2.24) is 0 Å². The van der Waals surface area contributed by atoms with Crippen LogP contribution in [-0.2, 0) is 13.4 Å². The Kier molecular flexibility index (Phi) is 7.32. The summed E-state index contributed by atoms with van der Waals surface area (Å²) in [6.45, 7) is 25.7. The summed E-state index contributed by atoms with van der Waals surface area (Å²) < 4.78 is 19.6. The first-order valence-electron chi connectivity index (χ1n) is 14.2. The molecule has 4 rings (SSSR count). The summed E-state index contributed by atoms with van der Waals surface area (Å²) in [5, 5.41) is 4.94. The van der Waals surface area contributed by atoms with E-state index in [-0.39, 0.29) is 11.5 Å². The average Bonchev–Trinajstić information content (AvgIpc) is 2.94. The molecule has 0 amide bonds. The first kappa shape index (κ1) is 27.8. The number of hydrogen-bond acceptors (Lipinski definition) is 4. The molecule has 0 aliphatic heterocycles. The molecule has 200 valence electrons. The van der Waals surface area contributed by atoms with E-state index in [1.807, 2.05) is 0 Å². The Morgan fingerprint density at radius 3 is 2.03 bits per heavy atom. The smallest absolute Gasteiger partial charge is 0.278 e. The lowest BCUT2D eigenvalue weighted by molar-refractivity contribution is -0.0213. The Hall–Kier alpha value is -0.219. The SMILES string of the molecule is C[C@]12CCC(O[Si](C)(C)C)CC1=CC[C@@H]1[C@@H]2CC[C@]2(C)/C(=N/O[Si](C)(C)C)C(O[Si](C)(C)C)C[C@@H]12. The van der Waals surface area contributed by atoms with Gasteiger partial charge in [-0.2, -0.15) is 0 Å². The highest BCUT2D eigenvalue weighted by atomic mass is 28.4. The van der Waals surface area contributed by atoms with Gasteiger partial charge in [-0.05, 0) is 127 Å². The van der Waals surface area contributed by atoms with E-state index in [9.17, 15) is 0 Å². The van der Waals surface area contributed by atoms with Gasteiger partial charge in [0.15, 0.2) is 16.6 Å². The van der Waals surface area contributed by atoms with Crippen LogP contribution in [0.25, 0.3) is 0 Å². The van der Waals surface area contributed by atoms with Gasteiger partial charge in [0.2, 0.25) is 0 Å². The molecule has 0 aromatic rings. The Labute approximate surface area is 219 Å². The lowest BCUT2D eigenvalue weighted by Gasteiger charge is -2.57. The molecular formula is C28H53NO3Si3. The van der Waals surface area contributed by atoms with Crippen LogP contribution in [0.15, 0.2) is 16.8 Å². The number of rotatable bonds is 6. The van der Waals surface area contributed by atoms with E-state index in [1.165, 1.54) is 37.8 Å². The second kappa shape index (κ2) is 9.21. The van der Waals surface area contributed by atoms with E-state index < -0.39 is 25.0 Å². The molecule has 0 heterocycles. The molecule has 0 aromatic carbocycles. The number of nitrogens with zero attached hydrogens (tertiary/aromatic N) is 1. The van der Waals surface area contributed by atoms with E-state index in [1.54, 1.807) is 5.57 Å². The number of allylic oxidation sites excluding steroid dienone is 1. The van der Waals surface area contributed by atoms with Crippen molar-refractivity contribution in [3.63, 3.8) is 0 Å². The molecule has 3 saturated carbocycles. The van der Waals surface area contributed by atoms with Gasteiger partial charge < -0.3 is 13.4 Å². The van der Waals surface area contributed by atoms with Gasteiger partial charge in [0.25, 0.3) is 8.32 Å². The van der Waals surface area contributed by atoms with Crippen LogP contribution in [-0.4, -0.2) is 42.9 Å². The zero-order chi connectivity index (χ0) is 26.0. The van der Waals surface area contributed by atoms with Crippen molar-refractivity contribution < 1.29 is 13.4 Å². The molecule has 7 atom stereocenters. The monoisotopic (exact) mass is 535 g/mol. The Bertz CT molecular complexity index is 868. The van der Waals surface area contributed by atoms with Crippen molar-refractivity contribution in [2.24, 2.45) is 33.7 Å². The minimum Gasteiger partial charge on any atom is -0.456 e. The Balaban J connectivity index is 1.62. The molecule has 0 aromatic heterocycles. The Morgan fingerprint density at radius 1 is 0.800 bits per heavy atom. The van der Waals surface area contributed by atoms with Crippen molar-refractivity contribution in [1.29, 1.82) is 0 Å². The second-order valence-corrected chi connectivity index (χ2v) is 28.8. The van der Waals surface area contributed by atoms with Crippen LogP contribution in [0.4, 0.5) is 0 Å². The maximum absolute atomic E-state index is 6.82. The van der Waals surface area contributed by atoms with Crippen molar-refractivity contribution in [3.8, 4) is 0 Å². The fourth-order valence-corrected chi connectivity index (χ4v) is 10.5. The van der Waals surface area contributed by atoms with Gasteiger partial charge in [-0.25, -0.2) is 0 Å². The molecule has 7 heteroatoms. The van der Waals surface area contributed by atoms with Gasteiger partial charge in [0.1, 0.15) is 0 Å². The molecule has 3 fully saturated rings. The summed E-state index contributed by atoms with van der Waals surface area (Å²) in [6.07, 6.45) is 11.7. The summed E-state index contributed by atoms with van der Waals surface area (Å²) in [6, 6.07) is 0. The summed E-state index contributed by atoms with van der Waals surface area (Å²) in [7, 11) is -4.95. The number of fused-ring (bicyclic) bond motifs is 5. The first-order valence-corrected chi connectivity index (χ1v) is 24.5. The molecule has 0 spiro atoms. The average molecular weight is 536 g/mol.